The van der Waals surface area contributed by atoms with Crippen LogP contribution in [0, 0.1) is 0 Å². The molecule has 0 unspecified atom stereocenters. The normalized spacial score (nSPS) is 12.9. The Labute approximate surface area is 417 Å². The van der Waals surface area contributed by atoms with E-state index in [1.807, 2.05) is 48.6 Å². The fourth-order valence-corrected chi connectivity index (χ4v) is 12.1. The van der Waals surface area contributed by atoms with E-state index in [0.29, 0.717) is 89.4 Å². The van der Waals surface area contributed by atoms with Gasteiger partial charge in [-0.2, -0.15) is 33.7 Å². The minimum atomic E-state index is -4.05. The lowest BCUT2D eigenvalue weighted by molar-refractivity contribution is 0.337. The summed E-state index contributed by atoms with van der Waals surface area (Å²) >= 11 is 0. The molecule has 0 saturated heterocycles. The molecule has 9 rings (SSSR count). The smallest absolute Gasteiger partial charge is 0.296 e. The number of H-pyrrole nitrogens is 2. The van der Waals surface area contributed by atoms with Crippen LogP contribution in [-0.4, -0.2) is 80.0 Å². The van der Waals surface area contributed by atoms with Crippen molar-refractivity contribution in [2.24, 2.45) is 0 Å². The van der Waals surface area contributed by atoms with Crippen LogP contribution in [0.4, 0.5) is 0 Å². The average Bonchev–Trinajstić information content (AvgIpc) is 4.21. The lowest BCUT2D eigenvalue weighted by Crippen LogP contribution is -2.05. The summed E-state index contributed by atoms with van der Waals surface area (Å²) in [6, 6.07) is 32.4. The van der Waals surface area contributed by atoms with Gasteiger partial charge in [0.1, 0.15) is 0 Å². The molecule has 16 nitrogen and oxygen atoms in total. The van der Waals surface area contributed by atoms with Gasteiger partial charge < -0.3 is 9.97 Å². The number of nitrogens with one attached hydrogen (secondary N) is 2. The number of benzene rings is 4. The van der Waals surface area contributed by atoms with E-state index in [2.05, 4.69) is 9.97 Å². The van der Waals surface area contributed by atoms with E-state index in [1.54, 1.807) is 76.2 Å². The monoisotopic (exact) mass is 1050 g/mol. The van der Waals surface area contributed by atoms with E-state index in [4.69, 9.17) is 26.7 Å². The summed E-state index contributed by atoms with van der Waals surface area (Å²) in [6.07, 6.45) is 7.27. The summed E-state index contributed by atoms with van der Waals surface area (Å²) < 4.78 is 124. The fourth-order valence-electron chi connectivity index (χ4n) is 8.47. The van der Waals surface area contributed by atoms with Crippen LogP contribution in [0.15, 0.2) is 141 Å². The van der Waals surface area contributed by atoms with Gasteiger partial charge in [-0.15, -0.1) is 0 Å². The lowest BCUT2D eigenvalue weighted by Gasteiger charge is -2.09. The van der Waals surface area contributed by atoms with Crippen molar-refractivity contribution in [3.63, 3.8) is 0 Å². The highest BCUT2D eigenvalue weighted by atomic mass is 32.2. The molecule has 0 amide bonds. The Kier molecular flexibility index (Phi) is 13.9. The van der Waals surface area contributed by atoms with Crippen molar-refractivity contribution in [2.75, 3.05) is 26.4 Å². The van der Waals surface area contributed by atoms with Crippen LogP contribution in [0.3, 0.4) is 0 Å². The maximum atomic E-state index is 13.0. The number of rotatable bonds is 16. The number of aromatic amines is 2. The second-order valence-corrected chi connectivity index (χ2v) is 22.5. The third kappa shape index (κ3) is 9.87. The van der Waals surface area contributed by atoms with Gasteiger partial charge in [0, 0.05) is 44.3 Å². The molecule has 2 aliphatic heterocycles. The van der Waals surface area contributed by atoms with Crippen LogP contribution in [0.5, 0.6) is 0 Å². The summed E-state index contributed by atoms with van der Waals surface area (Å²) in [5.74, 6) is 0. The van der Waals surface area contributed by atoms with Gasteiger partial charge in [-0.25, -0.2) is 9.97 Å². The van der Waals surface area contributed by atoms with Gasteiger partial charge in [-0.05, 0) is 147 Å². The molecule has 0 saturated carbocycles. The topological polar surface area (TPSA) is 231 Å². The van der Waals surface area contributed by atoms with Gasteiger partial charge in [0.05, 0.1) is 68.8 Å². The molecular weight excluding hydrogens is 1000 g/mol. The summed E-state index contributed by atoms with van der Waals surface area (Å²) in [5, 5.41) is 0. The van der Waals surface area contributed by atoms with E-state index in [0.717, 1.165) is 0 Å². The van der Waals surface area contributed by atoms with Crippen molar-refractivity contribution in [2.45, 2.75) is 47.3 Å². The molecule has 0 fully saturated rings. The second kappa shape index (κ2) is 20.0. The van der Waals surface area contributed by atoms with Crippen LogP contribution >= 0.6 is 0 Å². The Balaban J connectivity index is 1.39. The summed E-state index contributed by atoms with van der Waals surface area (Å²) in [4.78, 5) is 17.4. The lowest BCUT2D eigenvalue weighted by atomic mass is 10.0. The van der Waals surface area contributed by atoms with Crippen molar-refractivity contribution >= 4 is 86.8 Å². The molecule has 2 aliphatic rings. The molecule has 0 aliphatic carbocycles. The Morgan fingerprint density at radius 1 is 0.319 bits per heavy atom. The predicted molar refractivity (Wildman–Crippen MR) is 276 cm³/mol. The van der Waals surface area contributed by atoms with E-state index in [9.17, 15) is 33.7 Å². The predicted octanol–water partition coefficient (Wildman–Crippen LogP) is 10.2. The number of nitrogens with zero attached hydrogens (tertiary/aromatic N) is 2. The number of aromatic nitrogens is 4. The maximum absolute atomic E-state index is 13.0. The standard InChI is InChI=1S/C52H46N4O12S4/c1-5-65-69(57,58)37-17-9-33(10-18-37)49-41-25-27-43(53-41)50(34-11-19-38(20-12-34)70(59,60)66-6-2)45-29-31-47(55-45)52(36-15-23-40(24-16-36)72(63,64)68-8-4)48-32-30-46(56-48)51(44-28-26-42(49)54-44)35-13-21-39(22-14-35)71(61,62)67-7-3/h9-32,53-54H,5-8H2,1-4H3. The molecule has 2 N–H and O–H groups in total. The molecule has 0 spiro atoms. The van der Waals surface area contributed by atoms with Crippen LogP contribution in [0.25, 0.3) is 90.9 Å². The molecule has 7 aromatic rings. The molecule has 20 heteroatoms. The highest BCUT2D eigenvalue weighted by Crippen LogP contribution is 2.39. The molecule has 4 aromatic carbocycles. The Morgan fingerprint density at radius 2 is 0.542 bits per heavy atom. The third-order valence-electron chi connectivity index (χ3n) is 11.6. The summed E-state index contributed by atoms with van der Waals surface area (Å²) in [5.41, 5.74) is 8.98. The maximum Gasteiger partial charge on any atom is 0.296 e. The van der Waals surface area contributed by atoms with Crippen molar-refractivity contribution < 1.29 is 50.4 Å². The first-order chi connectivity index (χ1) is 34.5. The summed E-state index contributed by atoms with van der Waals surface area (Å²) in [6.45, 7) is 6.17. The second-order valence-electron chi connectivity index (χ2n) is 16.0. The van der Waals surface area contributed by atoms with E-state index < -0.39 is 40.5 Å². The summed E-state index contributed by atoms with van der Waals surface area (Å²) in [7, 11) is -16.2. The van der Waals surface area contributed by atoms with Crippen molar-refractivity contribution in [3.05, 3.63) is 144 Å². The van der Waals surface area contributed by atoms with Gasteiger partial charge in [0.25, 0.3) is 40.5 Å². The van der Waals surface area contributed by atoms with Gasteiger partial charge in [0.2, 0.25) is 0 Å². The van der Waals surface area contributed by atoms with Gasteiger partial charge >= 0.3 is 0 Å². The first-order valence-corrected chi connectivity index (χ1v) is 28.3. The average molecular weight is 1050 g/mol. The molecule has 0 radical (unpaired) electrons. The number of fused-ring (bicyclic) bond motifs is 8. The third-order valence-corrected chi connectivity index (χ3v) is 17.2. The van der Waals surface area contributed by atoms with E-state index in [1.165, 1.54) is 48.5 Å². The Morgan fingerprint density at radius 3 is 0.806 bits per heavy atom. The van der Waals surface area contributed by atoms with Crippen LogP contribution < -0.4 is 0 Å². The Hall–Kier alpha value is -6.88. The highest BCUT2D eigenvalue weighted by Gasteiger charge is 2.23. The zero-order chi connectivity index (χ0) is 51.0. The SMILES string of the molecule is CCOS(=O)(=O)c1ccc(-c2c3nc(c(-c4ccc(S(=O)(=O)OCC)cc4)c4ccc([nH]4)c(-c4ccc(S(=O)(=O)OCC)cc4)c4ccc([nH]4)c(-c4ccc(S(=O)(=O)OCC)cc4)c4nc2C=C4)C=C3)cc1. The van der Waals surface area contributed by atoms with Gasteiger partial charge in [-0.3, -0.25) is 16.7 Å². The zero-order valence-electron chi connectivity index (χ0n) is 39.1. The van der Waals surface area contributed by atoms with Crippen molar-refractivity contribution in [3.8, 4) is 44.5 Å². The molecule has 3 aromatic heterocycles. The minimum Gasteiger partial charge on any atom is -0.354 e. The van der Waals surface area contributed by atoms with Crippen LogP contribution in [-0.2, 0) is 57.2 Å². The number of hydrogen-bond donors (Lipinski definition) is 2. The molecule has 8 bridgehead atoms. The quantitative estimate of drug-likeness (QED) is 0.0858. The zero-order valence-corrected chi connectivity index (χ0v) is 42.4. The number of hydrogen-bond acceptors (Lipinski definition) is 14. The molecule has 72 heavy (non-hydrogen) atoms. The largest absolute Gasteiger partial charge is 0.354 e. The molecular formula is C52H46N4O12S4. The molecule has 370 valence electrons. The first-order valence-electron chi connectivity index (χ1n) is 22.6. The van der Waals surface area contributed by atoms with Crippen LogP contribution in [0.2, 0.25) is 0 Å². The van der Waals surface area contributed by atoms with E-state index >= 15 is 0 Å². The minimum absolute atomic E-state index is 0.0316. The molecule has 0 atom stereocenters. The Bertz CT molecular complexity index is 3770. The van der Waals surface area contributed by atoms with Crippen molar-refractivity contribution in [1.29, 1.82) is 0 Å². The van der Waals surface area contributed by atoms with Crippen LogP contribution in [0.1, 0.15) is 50.5 Å². The van der Waals surface area contributed by atoms with Crippen molar-refractivity contribution in [1.82, 2.24) is 19.9 Å². The highest BCUT2D eigenvalue weighted by molar-refractivity contribution is 7.87. The molecule has 5 heterocycles. The fraction of sp³-hybridized carbons (Fsp3) is 0.154. The first kappa shape index (κ1) is 50.1. The van der Waals surface area contributed by atoms with Gasteiger partial charge in [-0.1, -0.05) is 48.5 Å². The van der Waals surface area contributed by atoms with E-state index in [-0.39, 0.29) is 46.0 Å². The van der Waals surface area contributed by atoms with Gasteiger partial charge in [0.15, 0.2) is 0 Å².